The summed E-state index contributed by atoms with van der Waals surface area (Å²) in [7, 11) is 0. The zero-order valence-electron chi connectivity index (χ0n) is 11.5. The molecule has 4 atom stereocenters. The van der Waals surface area contributed by atoms with Crippen molar-refractivity contribution in [1.82, 2.24) is 0 Å². The zero-order valence-corrected chi connectivity index (χ0v) is 11.5. The number of nitrogens with two attached hydrogens (primary N) is 1. The summed E-state index contributed by atoms with van der Waals surface area (Å²) in [6.45, 7) is -2.88. The van der Waals surface area contributed by atoms with Gasteiger partial charge in [-0.3, -0.25) is 4.79 Å². The third-order valence-electron chi connectivity index (χ3n) is 4.61. The van der Waals surface area contributed by atoms with E-state index in [4.69, 9.17) is 5.73 Å². The molecule has 2 bridgehead atoms. The summed E-state index contributed by atoms with van der Waals surface area (Å²) in [5.74, 6) is 0.525. The Hall–Kier alpha value is -1.69. The normalized spacial score (nSPS) is 30.7. The summed E-state index contributed by atoms with van der Waals surface area (Å²) in [4.78, 5) is 12.4. The molecule has 2 fully saturated rings. The van der Waals surface area contributed by atoms with Crippen LogP contribution in [0.25, 0.3) is 0 Å². The molecule has 2 aliphatic rings. The van der Waals surface area contributed by atoms with Gasteiger partial charge in [-0.25, -0.2) is 0 Å². The Morgan fingerprint density at radius 3 is 2.76 bits per heavy atom. The number of halogens is 2. The van der Waals surface area contributed by atoms with E-state index in [-0.39, 0.29) is 23.6 Å². The smallest absolute Gasteiger partial charge is 0.387 e. The fourth-order valence-corrected chi connectivity index (χ4v) is 3.70. The predicted molar refractivity (Wildman–Crippen MR) is 74.0 cm³/mol. The molecule has 3 N–H and O–H groups in total. The topological polar surface area (TPSA) is 64.4 Å². The van der Waals surface area contributed by atoms with Crippen LogP contribution in [0.2, 0.25) is 0 Å². The Bertz CT molecular complexity index is 536. The van der Waals surface area contributed by atoms with Crippen molar-refractivity contribution >= 4 is 11.6 Å². The quantitative estimate of drug-likeness (QED) is 0.897. The summed E-state index contributed by atoms with van der Waals surface area (Å²) in [6, 6.07) is 5.93. The number of carbonyl (C=O) groups excluding carboxylic acids is 1. The number of benzene rings is 1. The molecule has 2 saturated carbocycles. The van der Waals surface area contributed by atoms with Crippen molar-refractivity contribution in [2.45, 2.75) is 31.9 Å². The molecule has 21 heavy (non-hydrogen) atoms. The van der Waals surface area contributed by atoms with Crippen molar-refractivity contribution in [3.8, 4) is 5.75 Å². The van der Waals surface area contributed by atoms with E-state index in [1.165, 1.54) is 12.1 Å². The van der Waals surface area contributed by atoms with Gasteiger partial charge in [0, 0.05) is 17.8 Å². The highest BCUT2D eigenvalue weighted by molar-refractivity contribution is 5.93. The van der Waals surface area contributed by atoms with Crippen molar-refractivity contribution in [2.75, 3.05) is 5.32 Å². The highest BCUT2D eigenvalue weighted by Gasteiger charge is 2.49. The molecule has 0 saturated heterocycles. The lowest BCUT2D eigenvalue weighted by molar-refractivity contribution is -0.121. The zero-order chi connectivity index (χ0) is 15.0. The first-order chi connectivity index (χ1) is 10.0. The van der Waals surface area contributed by atoms with E-state index >= 15 is 0 Å². The van der Waals surface area contributed by atoms with Crippen LogP contribution in [0.4, 0.5) is 14.5 Å². The van der Waals surface area contributed by atoms with Crippen LogP contribution in [-0.4, -0.2) is 18.6 Å². The van der Waals surface area contributed by atoms with Gasteiger partial charge in [0.2, 0.25) is 5.91 Å². The molecular formula is C15H18F2N2O2. The van der Waals surface area contributed by atoms with Gasteiger partial charge in [0.05, 0.1) is 5.92 Å². The highest BCUT2D eigenvalue weighted by Crippen LogP contribution is 2.47. The minimum atomic E-state index is -2.88. The molecule has 2 aliphatic carbocycles. The Labute approximate surface area is 121 Å². The van der Waals surface area contributed by atoms with Gasteiger partial charge in [0.15, 0.2) is 0 Å². The van der Waals surface area contributed by atoms with Gasteiger partial charge in [-0.1, -0.05) is 6.07 Å². The van der Waals surface area contributed by atoms with Crippen LogP contribution in [-0.2, 0) is 4.79 Å². The minimum Gasteiger partial charge on any atom is -0.435 e. The molecule has 114 valence electrons. The molecule has 6 heteroatoms. The Kier molecular flexibility index (Phi) is 3.80. The lowest BCUT2D eigenvalue weighted by atomic mass is 9.84. The third kappa shape index (κ3) is 2.85. The molecule has 0 aromatic heterocycles. The number of hydrogen-bond acceptors (Lipinski definition) is 3. The first-order valence-electron chi connectivity index (χ1n) is 7.16. The van der Waals surface area contributed by atoms with Gasteiger partial charge in [-0.2, -0.15) is 8.78 Å². The van der Waals surface area contributed by atoms with E-state index in [0.717, 1.165) is 19.3 Å². The van der Waals surface area contributed by atoms with Crippen molar-refractivity contribution in [3.05, 3.63) is 24.3 Å². The van der Waals surface area contributed by atoms with Gasteiger partial charge < -0.3 is 15.8 Å². The van der Waals surface area contributed by atoms with Gasteiger partial charge in [-0.15, -0.1) is 0 Å². The van der Waals surface area contributed by atoms with Gasteiger partial charge in [0.1, 0.15) is 5.75 Å². The summed E-state index contributed by atoms with van der Waals surface area (Å²) in [5.41, 5.74) is 6.58. The van der Waals surface area contributed by atoms with Crippen LogP contribution >= 0.6 is 0 Å². The first kappa shape index (κ1) is 14.3. The van der Waals surface area contributed by atoms with Crippen LogP contribution in [0.3, 0.4) is 0 Å². The number of hydrogen-bond donors (Lipinski definition) is 2. The second-order valence-electron chi connectivity index (χ2n) is 5.83. The fourth-order valence-electron chi connectivity index (χ4n) is 3.70. The molecule has 0 heterocycles. The molecule has 4 unspecified atom stereocenters. The van der Waals surface area contributed by atoms with E-state index in [0.29, 0.717) is 17.5 Å². The van der Waals surface area contributed by atoms with Gasteiger partial charge in [-0.05, 0) is 43.2 Å². The standard InChI is InChI=1S/C15H18F2N2O2/c16-15(17)21-11-3-1-2-10(7-11)19-14(20)12-8-4-5-9(6-8)13(12)18/h1-3,7-9,12-13,15H,4-6,18H2,(H,19,20). The van der Waals surface area contributed by atoms with Crippen LogP contribution in [0, 0.1) is 17.8 Å². The molecule has 3 rings (SSSR count). The van der Waals surface area contributed by atoms with Crippen LogP contribution in [0.1, 0.15) is 19.3 Å². The van der Waals surface area contributed by atoms with E-state index in [1.807, 2.05) is 0 Å². The maximum absolute atomic E-state index is 12.4. The number of ether oxygens (including phenoxy) is 1. The number of nitrogens with one attached hydrogen (secondary N) is 1. The Balaban J connectivity index is 1.67. The van der Waals surface area contributed by atoms with E-state index < -0.39 is 6.61 Å². The van der Waals surface area contributed by atoms with Crippen LogP contribution in [0.5, 0.6) is 5.75 Å². The predicted octanol–water partition coefficient (Wildman–Crippen LogP) is 2.60. The monoisotopic (exact) mass is 296 g/mol. The average Bonchev–Trinajstić information content (AvgIpc) is 2.98. The molecule has 1 amide bonds. The number of anilines is 1. The fraction of sp³-hybridized carbons (Fsp3) is 0.533. The van der Waals surface area contributed by atoms with Crippen LogP contribution in [0.15, 0.2) is 24.3 Å². The van der Waals surface area contributed by atoms with Crippen molar-refractivity contribution in [3.63, 3.8) is 0 Å². The minimum absolute atomic E-state index is 0.0278. The molecule has 0 radical (unpaired) electrons. The van der Waals surface area contributed by atoms with Gasteiger partial charge >= 0.3 is 6.61 Å². The lowest BCUT2D eigenvalue weighted by Crippen LogP contribution is -2.42. The Morgan fingerprint density at radius 1 is 1.33 bits per heavy atom. The maximum atomic E-state index is 12.4. The summed E-state index contributed by atoms with van der Waals surface area (Å²) < 4.78 is 28.7. The largest absolute Gasteiger partial charge is 0.435 e. The maximum Gasteiger partial charge on any atom is 0.387 e. The van der Waals surface area contributed by atoms with E-state index in [9.17, 15) is 13.6 Å². The second-order valence-corrected chi connectivity index (χ2v) is 5.83. The summed E-state index contributed by atoms with van der Waals surface area (Å²) in [5, 5.41) is 2.77. The Morgan fingerprint density at radius 2 is 2.10 bits per heavy atom. The number of amides is 1. The van der Waals surface area contributed by atoms with Crippen molar-refractivity contribution in [2.24, 2.45) is 23.5 Å². The number of carbonyl (C=O) groups is 1. The van der Waals surface area contributed by atoms with Crippen molar-refractivity contribution < 1.29 is 18.3 Å². The first-order valence-corrected chi connectivity index (χ1v) is 7.16. The second kappa shape index (κ2) is 5.60. The molecular weight excluding hydrogens is 278 g/mol. The average molecular weight is 296 g/mol. The highest BCUT2D eigenvalue weighted by atomic mass is 19.3. The number of alkyl halides is 2. The molecule has 1 aromatic carbocycles. The SMILES string of the molecule is NC1C2CCC(C2)C1C(=O)Nc1cccc(OC(F)F)c1. The number of fused-ring (bicyclic) bond motifs is 2. The number of rotatable bonds is 4. The summed E-state index contributed by atoms with van der Waals surface area (Å²) >= 11 is 0. The van der Waals surface area contributed by atoms with E-state index in [2.05, 4.69) is 10.1 Å². The van der Waals surface area contributed by atoms with Gasteiger partial charge in [0.25, 0.3) is 0 Å². The molecule has 0 spiro atoms. The third-order valence-corrected chi connectivity index (χ3v) is 4.61. The summed E-state index contributed by atoms with van der Waals surface area (Å²) in [6.07, 6.45) is 3.17. The molecule has 0 aliphatic heterocycles. The molecule has 4 nitrogen and oxygen atoms in total. The lowest BCUT2D eigenvalue weighted by Gasteiger charge is -2.27. The van der Waals surface area contributed by atoms with Crippen LogP contribution < -0.4 is 15.8 Å². The van der Waals surface area contributed by atoms with E-state index in [1.54, 1.807) is 12.1 Å². The van der Waals surface area contributed by atoms with Crippen molar-refractivity contribution in [1.29, 1.82) is 0 Å². The molecule has 1 aromatic rings.